The van der Waals surface area contributed by atoms with Crippen molar-refractivity contribution in [2.75, 3.05) is 0 Å². The molecule has 1 aliphatic carbocycles. The van der Waals surface area contributed by atoms with Crippen molar-refractivity contribution in [1.29, 1.82) is 0 Å². The van der Waals surface area contributed by atoms with Crippen molar-refractivity contribution in [1.82, 2.24) is 4.98 Å². The molecular weight excluding hydrogens is 272 g/mol. The average molecular weight is 290 g/mol. The number of carbonyl (C=O) groups is 1. The SMILES string of the molecule is NC(=O)c1ccc2c(c1-c1ccc3c[nH]cc3c1)CCCC2. The standard InChI is InChI=1S/C19H18N2O/c20-19(22)17-8-7-12-3-1-2-4-16(12)18(17)13-5-6-14-10-21-11-15(14)9-13/h5-11,21H,1-4H2,(H2,20,22). The molecule has 1 amide bonds. The van der Waals surface area contributed by atoms with Crippen LogP contribution in [0, 0.1) is 0 Å². The molecule has 3 nitrogen and oxygen atoms in total. The van der Waals surface area contributed by atoms with Gasteiger partial charge in [0.05, 0.1) is 0 Å². The summed E-state index contributed by atoms with van der Waals surface area (Å²) in [5.74, 6) is -0.350. The fourth-order valence-corrected chi connectivity index (χ4v) is 3.57. The van der Waals surface area contributed by atoms with Crippen LogP contribution in [0.15, 0.2) is 42.7 Å². The molecule has 1 heterocycles. The maximum atomic E-state index is 11.9. The summed E-state index contributed by atoms with van der Waals surface area (Å²) in [6.07, 6.45) is 8.48. The zero-order valence-electron chi connectivity index (χ0n) is 12.4. The predicted octanol–water partition coefficient (Wildman–Crippen LogP) is 3.81. The van der Waals surface area contributed by atoms with E-state index in [1.54, 1.807) is 0 Å². The highest BCUT2D eigenvalue weighted by atomic mass is 16.1. The summed E-state index contributed by atoms with van der Waals surface area (Å²) >= 11 is 0. The maximum absolute atomic E-state index is 11.9. The number of primary amides is 1. The lowest BCUT2D eigenvalue weighted by molar-refractivity contribution is 0.100. The second-order valence-electron chi connectivity index (χ2n) is 6.00. The normalized spacial score (nSPS) is 14.0. The van der Waals surface area contributed by atoms with E-state index < -0.39 is 0 Å². The van der Waals surface area contributed by atoms with Crippen molar-refractivity contribution >= 4 is 16.7 Å². The summed E-state index contributed by atoms with van der Waals surface area (Å²) in [6, 6.07) is 10.3. The molecule has 0 atom stereocenters. The van der Waals surface area contributed by atoms with E-state index in [0.717, 1.165) is 29.4 Å². The number of hydrogen-bond donors (Lipinski definition) is 2. The fraction of sp³-hybridized carbons (Fsp3) is 0.211. The molecule has 0 fully saturated rings. The van der Waals surface area contributed by atoms with Crippen molar-refractivity contribution in [2.24, 2.45) is 5.73 Å². The van der Waals surface area contributed by atoms with E-state index in [2.05, 4.69) is 29.2 Å². The van der Waals surface area contributed by atoms with Crippen molar-refractivity contribution in [3.63, 3.8) is 0 Å². The molecule has 3 aromatic rings. The van der Waals surface area contributed by atoms with Crippen LogP contribution in [0.1, 0.15) is 34.3 Å². The quantitative estimate of drug-likeness (QED) is 0.740. The Morgan fingerprint density at radius 2 is 1.82 bits per heavy atom. The van der Waals surface area contributed by atoms with E-state index in [4.69, 9.17) is 5.73 Å². The third kappa shape index (κ3) is 2.01. The first kappa shape index (κ1) is 13.1. The first-order chi connectivity index (χ1) is 10.7. The molecule has 2 aromatic carbocycles. The van der Waals surface area contributed by atoms with Crippen LogP contribution >= 0.6 is 0 Å². The van der Waals surface area contributed by atoms with E-state index in [1.165, 1.54) is 29.4 Å². The number of carbonyl (C=O) groups excluding carboxylic acids is 1. The van der Waals surface area contributed by atoms with Crippen LogP contribution in [0.3, 0.4) is 0 Å². The maximum Gasteiger partial charge on any atom is 0.249 e. The Morgan fingerprint density at radius 1 is 1.00 bits per heavy atom. The Balaban J connectivity index is 2.00. The van der Waals surface area contributed by atoms with Crippen molar-refractivity contribution in [3.05, 3.63) is 59.4 Å². The average Bonchev–Trinajstić information content (AvgIpc) is 3.01. The number of aromatic nitrogens is 1. The van der Waals surface area contributed by atoms with Crippen LogP contribution in [0.4, 0.5) is 0 Å². The molecule has 0 saturated carbocycles. The van der Waals surface area contributed by atoms with E-state index in [9.17, 15) is 4.79 Å². The summed E-state index contributed by atoms with van der Waals surface area (Å²) < 4.78 is 0. The van der Waals surface area contributed by atoms with Crippen LogP contribution < -0.4 is 5.73 Å². The lowest BCUT2D eigenvalue weighted by Gasteiger charge is -2.21. The molecule has 4 rings (SSSR count). The van der Waals surface area contributed by atoms with Crippen LogP contribution in [0.25, 0.3) is 21.9 Å². The molecule has 0 saturated heterocycles. The molecule has 0 radical (unpaired) electrons. The van der Waals surface area contributed by atoms with Crippen molar-refractivity contribution in [2.45, 2.75) is 25.7 Å². The Hall–Kier alpha value is -2.55. The number of benzene rings is 2. The Bertz CT molecular complexity index is 876. The minimum absolute atomic E-state index is 0.350. The highest BCUT2D eigenvalue weighted by molar-refractivity contribution is 6.02. The lowest BCUT2D eigenvalue weighted by Crippen LogP contribution is -2.15. The van der Waals surface area contributed by atoms with Gasteiger partial charge in [-0.1, -0.05) is 18.2 Å². The number of fused-ring (bicyclic) bond motifs is 2. The lowest BCUT2D eigenvalue weighted by atomic mass is 9.83. The zero-order chi connectivity index (χ0) is 15.1. The third-order valence-corrected chi connectivity index (χ3v) is 4.65. The van der Waals surface area contributed by atoms with Gasteiger partial charge in [-0.15, -0.1) is 0 Å². The van der Waals surface area contributed by atoms with Gasteiger partial charge in [-0.25, -0.2) is 0 Å². The Labute approximate surface area is 129 Å². The molecule has 1 aromatic heterocycles. The van der Waals surface area contributed by atoms with Gasteiger partial charge in [0.2, 0.25) is 5.91 Å². The van der Waals surface area contributed by atoms with Crippen LogP contribution in [-0.4, -0.2) is 10.9 Å². The number of nitrogens with one attached hydrogen (secondary N) is 1. The van der Waals surface area contributed by atoms with Gasteiger partial charge in [-0.3, -0.25) is 4.79 Å². The topological polar surface area (TPSA) is 58.9 Å². The summed E-state index contributed by atoms with van der Waals surface area (Å²) in [5, 5.41) is 2.33. The largest absolute Gasteiger partial charge is 0.366 e. The van der Waals surface area contributed by atoms with Crippen LogP contribution in [0.2, 0.25) is 0 Å². The van der Waals surface area contributed by atoms with Gasteiger partial charge < -0.3 is 10.7 Å². The van der Waals surface area contributed by atoms with E-state index >= 15 is 0 Å². The number of aromatic amines is 1. The van der Waals surface area contributed by atoms with Crippen molar-refractivity contribution in [3.8, 4) is 11.1 Å². The highest BCUT2D eigenvalue weighted by Crippen LogP contribution is 2.35. The number of rotatable bonds is 2. The first-order valence-electron chi connectivity index (χ1n) is 7.75. The molecule has 0 unspecified atom stereocenters. The second kappa shape index (κ2) is 5.02. The van der Waals surface area contributed by atoms with Gasteiger partial charge in [0.1, 0.15) is 0 Å². The van der Waals surface area contributed by atoms with Gasteiger partial charge in [-0.05, 0) is 70.8 Å². The molecular formula is C19H18N2O. The summed E-state index contributed by atoms with van der Waals surface area (Å²) in [5.41, 5.74) is 11.1. The third-order valence-electron chi connectivity index (χ3n) is 4.65. The molecule has 1 aliphatic rings. The number of amides is 1. The molecule has 0 bridgehead atoms. The minimum atomic E-state index is -0.350. The highest BCUT2D eigenvalue weighted by Gasteiger charge is 2.20. The molecule has 3 heteroatoms. The van der Waals surface area contributed by atoms with Gasteiger partial charge in [-0.2, -0.15) is 0 Å². The van der Waals surface area contributed by atoms with Gasteiger partial charge in [0.25, 0.3) is 0 Å². The number of nitrogens with two attached hydrogens (primary N) is 1. The number of aryl methyl sites for hydroxylation is 1. The summed E-state index contributed by atoms with van der Waals surface area (Å²) in [4.78, 5) is 15.0. The molecule has 3 N–H and O–H groups in total. The van der Waals surface area contributed by atoms with Gasteiger partial charge in [0.15, 0.2) is 0 Å². The van der Waals surface area contributed by atoms with E-state index in [0.29, 0.717) is 5.56 Å². The Morgan fingerprint density at radius 3 is 2.68 bits per heavy atom. The second-order valence-corrected chi connectivity index (χ2v) is 6.00. The Kier molecular flexibility index (Phi) is 3.00. The van der Waals surface area contributed by atoms with Crippen molar-refractivity contribution < 1.29 is 4.79 Å². The minimum Gasteiger partial charge on any atom is -0.366 e. The molecule has 110 valence electrons. The zero-order valence-corrected chi connectivity index (χ0v) is 12.4. The van der Waals surface area contributed by atoms with Crippen LogP contribution in [0.5, 0.6) is 0 Å². The number of hydrogen-bond acceptors (Lipinski definition) is 1. The molecule has 0 aliphatic heterocycles. The van der Waals surface area contributed by atoms with E-state index in [1.807, 2.05) is 18.5 Å². The first-order valence-corrected chi connectivity index (χ1v) is 7.75. The number of H-pyrrole nitrogens is 1. The van der Waals surface area contributed by atoms with Gasteiger partial charge >= 0.3 is 0 Å². The molecule has 22 heavy (non-hydrogen) atoms. The fourth-order valence-electron chi connectivity index (χ4n) is 3.57. The summed E-state index contributed by atoms with van der Waals surface area (Å²) in [7, 11) is 0. The van der Waals surface area contributed by atoms with Crippen LogP contribution in [-0.2, 0) is 12.8 Å². The summed E-state index contributed by atoms with van der Waals surface area (Å²) in [6.45, 7) is 0. The monoisotopic (exact) mass is 290 g/mol. The predicted molar refractivity (Wildman–Crippen MR) is 88.9 cm³/mol. The van der Waals surface area contributed by atoms with E-state index in [-0.39, 0.29) is 5.91 Å². The molecule has 0 spiro atoms. The van der Waals surface area contributed by atoms with Gasteiger partial charge in [0, 0.05) is 18.0 Å². The smallest absolute Gasteiger partial charge is 0.249 e.